The molecule has 5 heteroatoms. The van der Waals surface area contributed by atoms with Gasteiger partial charge in [0.05, 0.1) is 0 Å². The van der Waals surface area contributed by atoms with Crippen LogP contribution >= 0.6 is 0 Å². The van der Waals surface area contributed by atoms with E-state index in [1.165, 1.54) is 0 Å². The average Bonchev–Trinajstić information content (AvgIpc) is 2.45. The van der Waals surface area contributed by atoms with Gasteiger partial charge in [-0.25, -0.2) is 4.79 Å². The van der Waals surface area contributed by atoms with Crippen molar-refractivity contribution in [1.82, 2.24) is 10.2 Å². The van der Waals surface area contributed by atoms with Crippen LogP contribution in [-0.4, -0.2) is 40.8 Å². The molecule has 24 heavy (non-hydrogen) atoms. The third-order valence-electron chi connectivity index (χ3n) is 4.28. The number of carbonyl (C=O) groups is 1. The highest BCUT2D eigenvalue weighted by Crippen LogP contribution is 2.26. The summed E-state index contributed by atoms with van der Waals surface area (Å²) in [7, 11) is 0. The smallest absolute Gasteiger partial charge is 0.410 e. The maximum atomic E-state index is 12.1. The number of amides is 1. The minimum atomic E-state index is -0.455. The Labute approximate surface area is 145 Å². The van der Waals surface area contributed by atoms with Crippen molar-refractivity contribution in [3.63, 3.8) is 0 Å². The summed E-state index contributed by atoms with van der Waals surface area (Å²) in [5.74, 6) is 0.334. The van der Waals surface area contributed by atoms with Crippen LogP contribution in [0.1, 0.15) is 57.7 Å². The van der Waals surface area contributed by atoms with Gasteiger partial charge >= 0.3 is 6.09 Å². The van der Waals surface area contributed by atoms with Crippen LogP contribution in [0.15, 0.2) is 18.2 Å². The summed E-state index contributed by atoms with van der Waals surface area (Å²) in [5, 5.41) is 13.7. The van der Waals surface area contributed by atoms with E-state index in [-0.39, 0.29) is 12.1 Å². The van der Waals surface area contributed by atoms with Crippen LogP contribution in [0.4, 0.5) is 4.79 Å². The summed E-state index contributed by atoms with van der Waals surface area (Å²) in [6.07, 6.45) is 1.54. The van der Waals surface area contributed by atoms with Crippen LogP contribution in [0.5, 0.6) is 5.75 Å². The highest BCUT2D eigenvalue weighted by molar-refractivity contribution is 5.68. The van der Waals surface area contributed by atoms with E-state index in [0.29, 0.717) is 24.9 Å². The zero-order valence-corrected chi connectivity index (χ0v) is 15.4. The van der Waals surface area contributed by atoms with Crippen molar-refractivity contribution in [2.24, 2.45) is 0 Å². The quantitative estimate of drug-likeness (QED) is 0.884. The Morgan fingerprint density at radius 2 is 1.96 bits per heavy atom. The first-order valence-electron chi connectivity index (χ1n) is 8.69. The van der Waals surface area contributed by atoms with E-state index in [9.17, 15) is 9.90 Å². The van der Waals surface area contributed by atoms with Gasteiger partial charge in [-0.05, 0) is 59.1 Å². The molecule has 0 radical (unpaired) electrons. The van der Waals surface area contributed by atoms with E-state index < -0.39 is 5.60 Å². The number of aryl methyl sites for hydroxylation is 1. The number of likely N-dealkylation sites (tertiary alicyclic amines) is 1. The second kappa shape index (κ2) is 7.43. The highest BCUT2D eigenvalue weighted by Gasteiger charge is 2.27. The maximum absolute atomic E-state index is 12.1. The number of aromatic hydroxyl groups is 1. The number of nitrogens with zero attached hydrogens (tertiary/aromatic N) is 1. The second-order valence-corrected chi connectivity index (χ2v) is 7.69. The number of carbonyl (C=O) groups excluding carboxylic acids is 1. The molecule has 1 aliphatic rings. The van der Waals surface area contributed by atoms with E-state index in [0.717, 1.165) is 24.0 Å². The Morgan fingerprint density at radius 3 is 2.50 bits per heavy atom. The predicted molar refractivity (Wildman–Crippen MR) is 95.2 cm³/mol. The van der Waals surface area contributed by atoms with Gasteiger partial charge in [-0.3, -0.25) is 0 Å². The molecular weight excluding hydrogens is 304 g/mol. The lowest BCUT2D eigenvalue weighted by atomic mass is 10.0. The second-order valence-electron chi connectivity index (χ2n) is 7.69. The molecule has 0 bridgehead atoms. The molecule has 1 aliphatic heterocycles. The van der Waals surface area contributed by atoms with Crippen molar-refractivity contribution in [2.45, 2.75) is 65.1 Å². The molecule has 1 aromatic carbocycles. The largest absolute Gasteiger partial charge is 0.508 e. The number of nitrogens with one attached hydrogen (secondary N) is 1. The molecule has 1 amide bonds. The standard InChI is InChI=1S/C19H30N2O3/c1-13-6-7-16(17(22)12-13)14(2)20-15-8-10-21(11-9-15)18(23)24-19(3,4)5/h6-7,12,14-15,20,22H,8-11H2,1-5H3. The first-order valence-corrected chi connectivity index (χ1v) is 8.69. The third-order valence-corrected chi connectivity index (χ3v) is 4.28. The maximum Gasteiger partial charge on any atom is 0.410 e. The molecule has 0 aliphatic carbocycles. The summed E-state index contributed by atoms with van der Waals surface area (Å²) in [4.78, 5) is 13.9. The average molecular weight is 334 g/mol. The first-order chi connectivity index (χ1) is 11.2. The van der Waals surface area contributed by atoms with Gasteiger partial charge in [-0.1, -0.05) is 12.1 Å². The molecule has 2 rings (SSSR count). The number of piperidine rings is 1. The van der Waals surface area contributed by atoms with Gasteiger partial charge in [0, 0.05) is 30.7 Å². The van der Waals surface area contributed by atoms with E-state index >= 15 is 0 Å². The minimum Gasteiger partial charge on any atom is -0.508 e. The molecule has 0 saturated carbocycles. The van der Waals surface area contributed by atoms with E-state index in [2.05, 4.69) is 12.2 Å². The number of rotatable bonds is 3. The Balaban J connectivity index is 1.85. The van der Waals surface area contributed by atoms with Crippen LogP contribution < -0.4 is 5.32 Å². The Morgan fingerprint density at radius 1 is 1.33 bits per heavy atom. The summed E-state index contributed by atoms with van der Waals surface area (Å²) >= 11 is 0. The lowest BCUT2D eigenvalue weighted by molar-refractivity contribution is 0.0196. The Bertz CT molecular complexity index is 572. The van der Waals surface area contributed by atoms with Crippen LogP contribution in [0.25, 0.3) is 0 Å². The third kappa shape index (κ3) is 5.13. The number of ether oxygens (including phenoxy) is 1. The monoisotopic (exact) mass is 334 g/mol. The fraction of sp³-hybridized carbons (Fsp3) is 0.632. The summed E-state index contributed by atoms with van der Waals surface area (Å²) in [6, 6.07) is 6.18. The van der Waals surface area contributed by atoms with Crippen LogP contribution in [0.2, 0.25) is 0 Å². The SMILES string of the molecule is Cc1ccc(C(C)NC2CCN(C(=O)OC(C)(C)C)CC2)c(O)c1. The van der Waals surface area contributed by atoms with Crippen LogP contribution in [-0.2, 0) is 4.74 Å². The minimum absolute atomic E-state index is 0.0728. The molecule has 1 atom stereocenters. The summed E-state index contributed by atoms with van der Waals surface area (Å²) in [6.45, 7) is 11.1. The topological polar surface area (TPSA) is 61.8 Å². The zero-order valence-electron chi connectivity index (χ0n) is 15.4. The van der Waals surface area contributed by atoms with E-state index in [1.54, 1.807) is 11.0 Å². The van der Waals surface area contributed by atoms with Crippen molar-refractivity contribution >= 4 is 6.09 Å². The molecule has 1 saturated heterocycles. The number of phenolic OH excluding ortho intramolecular Hbond substituents is 1. The predicted octanol–water partition coefficient (Wildman–Crippen LogP) is 3.75. The van der Waals surface area contributed by atoms with Gasteiger partial charge in [-0.2, -0.15) is 0 Å². The number of phenols is 1. The molecule has 0 aromatic heterocycles. The summed E-state index contributed by atoms with van der Waals surface area (Å²) in [5.41, 5.74) is 1.51. The normalized spacial score (nSPS) is 17.6. The molecule has 5 nitrogen and oxygen atoms in total. The van der Waals surface area contributed by atoms with Gasteiger partial charge in [-0.15, -0.1) is 0 Å². The highest BCUT2D eigenvalue weighted by atomic mass is 16.6. The van der Waals surface area contributed by atoms with Crippen LogP contribution in [0, 0.1) is 6.92 Å². The Hall–Kier alpha value is -1.75. The van der Waals surface area contributed by atoms with Gasteiger partial charge in [0.1, 0.15) is 11.4 Å². The number of benzene rings is 1. The van der Waals surface area contributed by atoms with Crippen molar-refractivity contribution in [2.75, 3.05) is 13.1 Å². The van der Waals surface area contributed by atoms with Crippen LogP contribution in [0.3, 0.4) is 0 Å². The van der Waals surface area contributed by atoms with Crippen molar-refractivity contribution < 1.29 is 14.6 Å². The van der Waals surface area contributed by atoms with Crippen molar-refractivity contribution in [3.05, 3.63) is 29.3 Å². The van der Waals surface area contributed by atoms with Crippen molar-refractivity contribution in [1.29, 1.82) is 0 Å². The fourth-order valence-corrected chi connectivity index (χ4v) is 3.02. The fourth-order valence-electron chi connectivity index (χ4n) is 3.02. The lowest BCUT2D eigenvalue weighted by Gasteiger charge is -2.35. The number of hydrogen-bond donors (Lipinski definition) is 2. The van der Waals surface area contributed by atoms with Gasteiger partial charge < -0.3 is 20.1 Å². The molecule has 1 unspecified atom stereocenters. The lowest BCUT2D eigenvalue weighted by Crippen LogP contribution is -2.46. The van der Waals surface area contributed by atoms with Gasteiger partial charge in [0.15, 0.2) is 0 Å². The van der Waals surface area contributed by atoms with Crippen molar-refractivity contribution in [3.8, 4) is 5.75 Å². The molecule has 2 N–H and O–H groups in total. The van der Waals surface area contributed by atoms with E-state index in [4.69, 9.17) is 4.74 Å². The molecule has 1 aromatic rings. The summed E-state index contributed by atoms with van der Waals surface area (Å²) < 4.78 is 5.42. The molecular formula is C19H30N2O3. The Kier molecular flexibility index (Phi) is 5.75. The molecule has 1 fully saturated rings. The first kappa shape index (κ1) is 18.6. The molecule has 1 heterocycles. The molecule has 0 spiro atoms. The van der Waals surface area contributed by atoms with Gasteiger partial charge in [0.2, 0.25) is 0 Å². The number of hydrogen-bond acceptors (Lipinski definition) is 4. The van der Waals surface area contributed by atoms with E-state index in [1.807, 2.05) is 39.8 Å². The zero-order chi connectivity index (χ0) is 17.9. The molecule has 134 valence electrons. The van der Waals surface area contributed by atoms with Gasteiger partial charge in [0.25, 0.3) is 0 Å².